The summed E-state index contributed by atoms with van der Waals surface area (Å²) in [4.78, 5) is 0.371. The van der Waals surface area contributed by atoms with Crippen molar-refractivity contribution in [1.29, 1.82) is 0 Å². The first-order valence-electron chi connectivity index (χ1n) is 10.6. The van der Waals surface area contributed by atoms with Gasteiger partial charge in [0.05, 0.1) is 16.4 Å². The number of sulfonamides is 2. The molecule has 3 aromatic rings. The summed E-state index contributed by atoms with van der Waals surface area (Å²) in [6.45, 7) is 4.82. The van der Waals surface area contributed by atoms with Crippen LogP contribution >= 0.6 is 0 Å². The summed E-state index contributed by atoms with van der Waals surface area (Å²) in [6, 6.07) is 18.2. The Morgan fingerprint density at radius 1 is 0.879 bits per heavy atom. The van der Waals surface area contributed by atoms with Crippen molar-refractivity contribution in [2.45, 2.75) is 36.6 Å². The van der Waals surface area contributed by atoms with E-state index in [1.54, 1.807) is 48.5 Å². The Morgan fingerprint density at radius 3 is 2.21 bits per heavy atom. The maximum absolute atomic E-state index is 13.1. The van der Waals surface area contributed by atoms with Crippen molar-refractivity contribution < 1.29 is 21.6 Å². The molecule has 1 aliphatic rings. The summed E-state index contributed by atoms with van der Waals surface area (Å²) in [6.07, 6.45) is 0.562. The first-order chi connectivity index (χ1) is 15.7. The summed E-state index contributed by atoms with van der Waals surface area (Å²) < 4.78 is 61.2. The smallest absolute Gasteiger partial charge is 0.261 e. The van der Waals surface area contributed by atoms with Crippen molar-refractivity contribution in [3.05, 3.63) is 83.4 Å². The minimum atomic E-state index is -3.80. The van der Waals surface area contributed by atoms with Gasteiger partial charge >= 0.3 is 0 Å². The van der Waals surface area contributed by atoms with Crippen LogP contribution in [-0.4, -0.2) is 34.3 Å². The molecule has 3 aromatic carbocycles. The molecule has 0 amide bonds. The fourth-order valence-corrected chi connectivity index (χ4v) is 6.22. The van der Waals surface area contributed by atoms with E-state index in [4.69, 9.17) is 4.74 Å². The Morgan fingerprint density at radius 2 is 1.55 bits per heavy atom. The highest BCUT2D eigenvalue weighted by Gasteiger charge is 2.28. The molecule has 0 aliphatic carbocycles. The van der Waals surface area contributed by atoms with E-state index >= 15 is 0 Å². The van der Waals surface area contributed by atoms with Gasteiger partial charge in [0.15, 0.2) is 0 Å². The van der Waals surface area contributed by atoms with Gasteiger partial charge in [0.1, 0.15) is 5.75 Å². The number of hydrogen-bond acceptors (Lipinski definition) is 5. The van der Waals surface area contributed by atoms with Crippen molar-refractivity contribution >= 4 is 25.7 Å². The van der Waals surface area contributed by atoms with Crippen LogP contribution in [0.5, 0.6) is 5.75 Å². The predicted molar refractivity (Wildman–Crippen MR) is 127 cm³/mol. The van der Waals surface area contributed by atoms with Crippen LogP contribution < -0.4 is 9.46 Å². The van der Waals surface area contributed by atoms with Gasteiger partial charge in [-0.25, -0.2) is 16.8 Å². The van der Waals surface area contributed by atoms with Gasteiger partial charge in [0.2, 0.25) is 10.0 Å². The van der Waals surface area contributed by atoms with Crippen LogP contribution in [-0.2, 0) is 33.0 Å². The van der Waals surface area contributed by atoms with Crippen LogP contribution in [0, 0.1) is 6.92 Å². The zero-order valence-electron chi connectivity index (χ0n) is 18.5. The average molecular weight is 487 g/mol. The van der Waals surface area contributed by atoms with E-state index in [2.05, 4.69) is 4.72 Å². The SMILES string of the molecule is CCOc1ccc(S(=O)(=O)Nc2ccc3c(c2)CN(S(=O)(=O)c2ccc(C)cc2)CC3)cc1. The molecule has 4 rings (SSSR count). The molecular weight excluding hydrogens is 460 g/mol. The molecule has 1 heterocycles. The molecule has 0 aromatic heterocycles. The Hall–Kier alpha value is -2.88. The lowest BCUT2D eigenvalue weighted by atomic mass is 10.0. The molecule has 0 saturated carbocycles. The number of nitrogens with one attached hydrogen (secondary N) is 1. The van der Waals surface area contributed by atoms with Crippen molar-refractivity contribution in [3.63, 3.8) is 0 Å². The molecule has 33 heavy (non-hydrogen) atoms. The third-order valence-corrected chi connectivity index (χ3v) is 8.80. The van der Waals surface area contributed by atoms with Gasteiger partial charge in [-0.15, -0.1) is 0 Å². The van der Waals surface area contributed by atoms with E-state index in [0.717, 1.165) is 16.7 Å². The number of ether oxygens (including phenoxy) is 1. The molecule has 174 valence electrons. The van der Waals surface area contributed by atoms with E-state index in [1.807, 2.05) is 19.9 Å². The number of nitrogens with zero attached hydrogens (tertiary/aromatic N) is 1. The van der Waals surface area contributed by atoms with Gasteiger partial charge in [-0.2, -0.15) is 4.31 Å². The fraction of sp³-hybridized carbons (Fsp3) is 0.250. The maximum Gasteiger partial charge on any atom is 0.261 e. The normalized spacial score (nSPS) is 14.5. The number of hydrogen-bond donors (Lipinski definition) is 1. The molecule has 0 atom stereocenters. The zero-order chi connectivity index (χ0) is 23.6. The number of benzene rings is 3. The minimum absolute atomic E-state index is 0.118. The molecule has 0 bridgehead atoms. The Bertz CT molecular complexity index is 1350. The van der Waals surface area contributed by atoms with Crippen molar-refractivity contribution in [2.24, 2.45) is 0 Å². The Kier molecular flexibility index (Phi) is 6.47. The highest BCUT2D eigenvalue weighted by molar-refractivity contribution is 7.92. The zero-order valence-corrected chi connectivity index (χ0v) is 20.1. The number of fused-ring (bicyclic) bond motifs is 1. The first kappa shape index (κ1) is 23.3. The minimum Gasteiger partial charge on any atom is -0.494 e. The summed E-state index contributed by atoms with van der Waals surface area (Å²) in [5.74, 6) is 0.597. The van der Waals surface area contributed by atoms with E-state index in [9.17, 15) is 16.8 Å². The van der Waals surface area contributed by atoms with Gasteiger partial charge in [-0.3, -0.25) is 4.72 Å². The van der Waals surface area contributed by atoms with Crippen LogP contribution in [0.25, 0.3) is 0 Å². The predicted octanol–water partition coefficient (Wildman–Crippen LogP) is 3.94. The topological polar surface area (TPSA) is 92.8 Å². The van der Waals surface area contributed by atoms with Crippen molar-refractivity contribution in [1.82, 2.24) is 4.31 Å². The summed E-state index contributed by atoms with van der Waals surface area (Å²) in [5.41, 5.74) is 3.16. The van der Waals surface area contributed by atoms with Gasteiger partial charge in [-0.05, 0) is 79.9 Å². The Labute approximate surface area is 195 Å². The average Bonchev–Trinajstić information content (AvgIpc) is 2.79. The first-order valence-corrected chi connectivity index (χ1v) is 13.6. The fourth-order valence-electron chi connectivity index (χ4n) is 3.75. The quantitative estimate of drug-likeness (QED) is 0.546. The lowest BCUT2D eigenvalue weighted by Gasteiger charge is -2.28. The van der Waals surface area contributed by atoms with Crippen molar-refractivity contribution in [3.8, 4) is 5.75 Å². The largest absolute Gasteiger partial charge is 0.494 e. The molecule has 0 spiro atoms. The molecule has 1 N–H and O–H groups in total. The second kappa shape index (κ2) is 9.17. The van der Waals surface area contributed by atoms with E-state index < -0.39 is 20.0 Å². The van der Waals surface area contributed by atoms with Crippen LogP contribution in [0.2, 0.25) is 0 Å². The van der Waals surface area contributed by atoms with Crippen molar-refractivity contribution in [2.75, 3.05) is 17.9 Å². The van der Waals surface area contributed by atoms with Crippen LogP contribution in [0.3, 0.4) is 0 Å². The third-order valence-electron chi connectivity index (χ3n) is 5.54. The molecule has 0 radical (unpaired) electrons. The molecule has 1 aliphatic heterocycles. The highest BCUT2D eigenvalue weighted by atomic mass is 32.2. The van der Waals surface area contributed by atoms with Gasteiger partial charge < -0.3 is 4.74 Å². The van der Waals surface area contributed by atoms with Crippen LogP contribution in [0.15, 0.2) is 76.5 Å². The molecule has 0 saturated heterocycles. The summed E-state index contributed by atoms with van der Waals surface area (Å²) >= 11 is 0. The molecule has 0 fully saturated rings. The summed E-state index contributed by atoms with van der Waals surface area (Å²) in [7, 11) is -7.44. The lowest BCUT2D eigenvalue weighted by Crippen LogP contribution is -2.36. The molecular formula is C24H26N2O5S2. The molecule has 9 heteroatoms. The van der Waals surface area contributed by atoms with Crippen LogP contribution in [0.4, 0.5) is 5.69 Å². The van der Waals surface area contributed by atoms with Gasteiger partial charge in [0, 0.05) is 18.8 Å². The number of aryl methyl sites for hydroxylation is 1. The third kappa shape index (κ3) is 5.05. The lowest BCUT2D eigenvalue weighted by molar-refractivity contribution is 0.340. The van der Waals surface area contributed by atoms with Crippen LogP contribution in [0.1, 0.15) is 23.6 Å². The second-order valence-electron chi connectivity index (χ2n) is 7.90. The standard InChI is InChI=1S/C24H26N2O5S2/c1-3-31-22-8-12-23(13-9-22)32(27,28)25-21-7-6-19-14-15-26(17-20(19)16-21)33(29,30)24-10-4-18(2)5-11-24/h4-13,16,25H,3,14-15,17H2,1-2H3. The Balaban J connectivity index is 1.54. The second-order valence-corrected chi connectivity index (χ2v) is 11.5. The van der Waals surface area contributed by atoms with Gasteiger partial charge in [-0.1, -0.05) is 23.8 Å². The molecule has 0 unspecified atom stereocenters. The van der Waals surface area contributed by atoms with Gasteiger partial charge in [0.25, 0.3) is 10.0 Å². The number of rotatable bonds is 7. The molecule has 7 nitrogen and oxygen atoms in total. The van der Waals surface area contributed by atoms with E-state index in [-0.39, 0.29) is 16.3 Å². The monoisotopic (exact) mass is 486 g/mol. The highest BCUT2D eigenvalue weighted by Crippen LogP contribution is 2.28. The number of anilines is 1. The summed E-state index contributed by atoms with van der Waals surface area (Å²) in [5, 5.41) is 0. The van der Waals surface area contributed by atoms with E-state index in [1.165, 1.54) is 16.4 Å². The maximum atomic E-state index is 13.1. The van der Waals surface area contributed by atoms with E-state index in [0.29, 0.717) is 31.0 Å².